The number of fused-ring (bicyclic) bond motifs is 1. The third-order valence-electron chi connectivity index (χ3n) is 3.61. The molecule has 120 valence electrons. The molecule has 0 atom stereocenters. The van der Waals surface area contributed by atoms with Crippen LogP contribution in [0, 0.1) is 0 Å². The van der Waals surface area contributed by atoms with E-state index < -0.39 is 0 Å². The first kappa shape index (κ1) is 15.5. The van der Waals surface area contributed by atoms with Gasteiger partial charge >= 0.3 is 5.69 Å². The first-order valence-electron chi connectivity index (χ1n) is 7.24. The van der Waals surface area contributed by atoms with Crippen LogP contribution in [0.5, 0.6) is 0 Å². The molecule has 7 nitrogen and oxygen atoms in total. The second-order valence-corrected chi connectivity index (χ2v) is 6.31. The van der Waals surface area contributed by atoms with Crippen LogP contribution in [0.1, 0.15) is 6.42 Å². The van der Waals surface area contributed by atoms with Crippen LogP contribution in [-0.2, 0) is 20.6 Å². The highest BCUT2D eigenvalue weighted by Gasteiger charge is 2.14. The van der Waals surface area contributed by atoms with E-state index in [1.54, 1.807) is 42.9 Å². The van der Waals surface area contributed by atoms with Gasteiger partial charge in [0.05, 0.1) is 11.4 Å². The fraction of sp³-hybridized carbons (Fsp3) is 0.333. The van der Waals surface area contributed by atoms with Crippen molar-refractivity contribution in [2.24, 2.45) is 14.1 Å². The number of thioether (sulfide) groups is 1. The molecule has 0 bridgehead atoms. The zero-order valence-corrected chi connectivity index (χ0v) is 13.8. The highest BCUT2D eigenvalue weighted by atomic mass is 32.2. The molecule has 0 amide bonds. The zero-order chi connectivity index (χ0) is 16.4. The van der Waals surface area contributed by atoms with E-state index in [0.29, 0.717) is 24.1 Å². The number of imidazole rings is 1. The number of pyridine rings is 1. The number of hydrogen-bond donors (Lipinski definition) is 0. The molecular formula is C15H17N5O2S. The van der Waals surface area contributed by atoms with Crippen molar-refractivity contribution >= 4 is 22.9 Å². The van der Waals surface area contributed by atoms with Gasteiger partial charge in [-0.1, -0.05) is 6.07 Å². The van der Waals surface area contributed by atoms with Crippen molar-refractivity contribution in [3.8, 4) is 0 Å². The molecule has 0 fully saturated rings. The molecule has 3 rings (SSSR count). The monoisotopic (exact) mass is 331 g/mol. The van der Waals surface area contributed by atoms with Crippen molar-refractivity contribution in [3.05, 3.63) is 51.6 Å². The molecule has 8 heteroatoms. The lowest BCUT2D eigenvalue weighted by Gasteiger charge is -2.08. The molecule has 0 unspecified atom stereocenters. The van der Waals surface area contributed by atoms with Crippen molar-refractivity contribution < 1.29 is 0 Å². The number of hydrogen-bond acceptors (Lipinski definition) is 5. The molecule has 23 heavy (non-hydrogen) atoms. The smallest absolute Gasteiger partial charge is 0.328 e. The molecule has 0 saturated carbocycles. The molecule has 0 radical (unpaired) electrons. The molecular weight excluding hydrogens is 314 g/mol. The van der Waals surface area contributed by atoms with E-state index in [-0.39, 0.29) is 11.2 Å². The van der Waals surface area contributed by atoms with Crippen molar-refractivity contribution in [3.63, 3.8) is 0 Å². The second kappa shape index (κ2) is 6.41. The second-order valence-electron chi connectivity index (χ2n) is 5.20. The molecule has 0 spiro atoms. The van der Waals surface area contributed by atoms with Crippen molar-refractivity contribution in [1.82, 2.24) is 23.7 Å². The Balaban J connectivity index is 1.79. The maximum absolute atomic E-state index is 12.5. The molecule has 0 aromatic carbocycles. The van der Waals surface area contributed by atoms with Gasteiger partial charge < -0.3 is 4.57 Å². The van der Waals surface area contributed by atoms with Gasteiger partial charge in [0.2, 0.25) is 0 Å². The van der Waals surface area contributed by atoms with Crippen LogP contribution in [-0.4, -0.2) is 29.4 Å². The highest BCUT2D eigenvalue weighted by Crippen LogP contribution is 2.15. The predicted octanol–water partition coefficient (Wildman–Crippen LogP) is 1.01. The van der Waals surface area contributed by atoms with Crippen LogP contribution >= 0.6 is 11.8 Å². The number of aromatic nitrogens is 5. The number of nitrogens with zero attached hydrogens (tertiary/aromatic N) is 5. The van der Waals surface area contributed by atoms with Crippen molar-refractivity contribution in [2.75, 3.05) is 5.75 Å². The van der Waals surface area contributed by atoms with Gasteiger partial charge in [-0.2, -0.15) is 0 Å². The van der Waals surface area contributed by atoms with Crippen LogP contribution in [0.4, 0.5) is 0 Å². The van der Waals surface area contributed by atoms with E-state index in [9.17, 15) is 9.59 Å². The van der Waals surface area contributed by atoms with Gasteiger partial charge in [-0.25, -0.2) is 14.8 Å². The number of aryl methyl sites for hydroxylation is 2. The summed E-state index contributed by atoms with van der Waals surface area (Å²) in [6.45, 7) is 0.381. The normalized spacial score (nSPS) is 11.2. The summed E-state index contributed by atoms with van der Waals surface area (Å²) in [6.07, 6.45) is 4.01. The first-order valence-corrected chi connectivity index (χ1v) is 8.23. The lowest BCUT2D eigenvalue weighted by molar-refractivity contribution is 0.594. The summed E-state index contributed by atoms with van der Waals surface area (Å²) in [6, 6.07) is 5.75. The highest BCUT2D eigenvalue weighted by molar-refractivity contribution is 7.99. The minimum absolute atomic E-state index is 0.286. The first-order chi connectivity index (χ1) is 11.1. The summed E-state index contributed by atoms with van der Waals surface area (Å²) in [4.78, 5) is 33.2. The van der Waals surface area contributed by atoms with Gasteiger partial charge in [0.15, 0.2) is 11.2 Å². The molecule has 3 aromatic heterocycles. The van der Waals surface area contributed by atoms with Gasteiger partial charge in [-0.3, -0.25) is 13.9 Å². The van der Waals surface area contributed by atoms with Crippen molar-refractivity contribution in [2.45, 2.75) is 18.0 Å². The fourth-order valence-corrected chi connectivity index (χ4v) is 3.22. The minimum Gasteiger partial charge on any atom is -0.328 e. The summed E-state index contributed by atoms with van der Waals surface area (Å²) < 4.78 is 4.35. The Morgan fingerprint density at radius 2 is 2.00 bits per heavy atom. The Labute approximate surface area is 136 Å². The zero-order valence-electron chi connectivity index (χ0n) is 13.0. The Kier molecular flexibility index (Phi) is 4.33. The van der Waals surface area contributed by atoms with Crippen molar-refractivity contribution in [1.29, 1.82) is 0 Å². The van der Waals surface area contributed by atoms with Gasteiger partial charge in [-0.05, 0) is 18.6 Å². The Hall–Kier alpha value is -2.35. The van der Waals surface area contributed by atoms with E-state index in [1.165, 1.54) is 9.13 Å². The van der Waals surface area contributed by atoms with Gasteiger partial charge in [0, 0.05) is 32.6 Å². The predicted molar refractivity (Wildman–Crippen MR) is 89.8 cm³/mol. The van der Waals surface area contributed by atoms with Crippen LogP contribution in [0.25, 0.3) is 11.2 Å². The van der Waals surface area contributed by atoms with E-state index in [1.807, 2.05) is 18.2 Å². The summed E-state index contributed by atoms with van der Waals surface area (Å²) in [7, 11) is 3.39. The van der Waals surface area contributed by atoms with E-state index in [2.05, 4.69) is 9.97 Å². The third kappa shape index (κ3) is 2.94. The maximum atomic E-state index is 12.5. The topological polar surface area (TPSA) is 74.7 Å². The SMILES string of the molecule is Cn1cnc2c1c(=O)n(CCCSc1ccccn1)c(=O)n2C. The fourth-order valence-electron chi connectivity index (χ4n) is 2.43. The molecule has 3 aromatic rings. The lowest BCUT2D eigenvalue weighted by atomic mass is 10.4. The summed E-state index contributed by atoms with van der Waals surface area (Å²) in [5, 5.41) is 0.940. The summed E-state index contributed by atoms with van der Waals surface area (Å²) >= 11 is 1.61. The molecule has 0 saturated heterocycles. The quantitative estimate of drug-likeness (QED) is 0.515. The molecule has 0 aliphatic rings. The minimum atomic E-state index is -0.330. The summed E-state index contributed by atoms with van der Waals surface area (Å²) in [5.74, 6) is 0.788. The van der Waals surface area contributed by atoms with Crippen LogP contribution in [0.2, 0.25) is 0 Å². The molecule has 0 N–H and O–H groups in total. The largest absolute Gasteiger partial charge is 0.332 e. The number of rotatable bonds is 5. The van der Waals surface area contributed by atoms with Crippen LogP contribution in [0.3, 0.4) is 0 Å². The average molecular weight is 331 g/mol. The van der Waals surface area contributed by atoms with Gasteiger partial charge in [0.25, 0.3) is 5.56 Å². The van der Waals surface area contributed by atoms with Crippen LogP contribution < -0.4 is 11.2 Å². The molecule has 0 aliphatic heterocycles. The van der Waals surface area contributed by atoms with E-state index in [4.69, 9.17) is 0 Å². The average Bonchev–Trinajstić information content (AvgIpc) is 2.95. The molecule has 3 heterocycles. The van der Waals surface area contributed by atoms with E-state index in [0.717, 1.165) is 10.8 Å². The Morgan fingerprint density at radius 1 is 1.17 bits per heavy atom. The van der Waals surface area contributed by atoms with Crippen LogP contribution in [0.15, 0.2) is 45.3 Å². The lowest BCUT2D eigenvalue weighted by Crippen LogP contribution is -2.39. The van der Waals surface area contributed by atoms with Gasteiger partial charge in [0.1, 0.15) is 0 Å². The van der Waals surface area contributed by atoms with E-state index >= 15 is 0 Å². The maximum Gasteiger partial charge on any atom is 0.332 e. The molecule has 0 aliphatic carbocycles. The van der Waals surface area contributed by atoms with Gasteiger partial charge in [-0.15, -0.1) is 11.8 Å². The Bertz CT molecular complexity index is 942. The standard InChI is InChI=1S/C15H17N5O2S/c1-18-10-17-13-12(18)14(21)20(15(22)19(13)2)8-5-9-23-11-6-3-4-7-16-11/h3-4,6-7,10H,5,8-9H2,1-2H3. The summed E-state index contributed by atoms with van der Waals surface area (Å²) in [5.41, 5.74) is 0.251. The third-order valence-corrected chi connectivity index (χ3v) is 4.64. The Morgan fingerprint density at radius 3 is 2.74 bits per heavy atom.